The first-order valence-corrected chi connectivity index (χ1v) is 6.90. The van der Waals surface area contributed by atoms with E-state index in [1.54, 1.807) is 22.7 Å². The summed E-state index contributed by atoms with van der Waals surface area (Å²) in [4.78, 5) is 5.66. The predicted molar refractivity (Wildman–Crippen MR) is 70.8 cm³/mol. The van der Waals surface area contributed by atoms with Crippen LogP contribution in [0.15, 0.2) is 16.8 Å². The van der Waals surface area contributed by atoms with Crippen molar-refractivity contribution in [3.05, 3.63) is 32.4 Å². The van der Waals surface area contributed by atoms with Gasteiger partial charge in [-0.05, 0) is 25.3 Å². The number of nitrogen functional groups attached to an aromatic ring is 1. The Hall–Kier alpha value is -0.910. The SMILES string of the molecule is Cc1csc(C(C)NCc2sccc2N)n1. The Kier molecular flexibility index (Phi) is 3.58. The van der Waals surface area contributed by atoms with Gasteiger partial charge in [0.05, 0.1) is 6.04 Å². The Labute approximate surface area is 103 Å². The van der Waals surface area contributed by atoms with E-state index in [1.807, 2.05) is 18.4 Å². The first-order valence-electron chi connectivity index (χ1n) is 5.14. The topological polar surface area (TPSA) is 50.9 Å². The van der Waals surface area contributed by atoms with Crippen molar-refractivity contribution in [2.75, 3.05) is 5.73 Å². The third-order valence-corrected chi connectivity index (χ3v) is 4.44. The van der Waals surface area contributed by atoms with Crippen molar-refractivity contribution in [3.8, 4) is 0 Å². The van der Waals surface area contributed by atoms with Gasteiger partial charge in [0.25, 0.3) is 0 Å². The summed E-state index contributed by atoms with van der Waals surface area (Å²) in [6, 6.07) is 2.22. The Bertz CT molecular complexity index is 461. The van der Waals surface area contributed by atoms with Crippen molar-refractivity contribution >= 4 is 28.4 Å². The Morgan fingerprint density at radius 3 is 2.88 bits per heavy atom. The third-order valence-electron chi connectivity index (χ3n) is 2.36. The molecule has 2 heterocycles. The first kappa shape index (κ1) is 11.6. The molecule has 2 aromatic heterocycles. The fourth-order valence-corrected chi connectivity index (χ4v) is 2.98. The number of nitrogens with one attached hydrogen (secondary N) is 1. The number of nitrogens with zero attached hydrogens (tertiary/aromatic N) is 1. The molecule has 2 aromatic rings. The average molecular weight is 253 g/mol. The van der Waals surface area contributed by atoms with Crippen LogP contribution in [0.1, 0.15) is 28.5 Å². The van der Waals surface area contributed by atoms with Crippen LogP contribution < -0.4 is 11.1 Å². The van der Waals surface area contributed by atoms with Crippen LogP contribution in [0, 0.1) is 6.92 Å². The minimum Gasteiger partial charge on any atom is -0.398 e. The van der Waals surface area contributed by atoms with Gasteiger partial charge in [0.2, 0.25) is 0 Å². The Balaban J connectivity index is 1.93. The second-order valence-electron chi connectivity index (χ2n) is 3.73. The number of hydrogen-bond acceptors (Lipinski definition) is 5. The molecule has 0 saturated carbocycles. The molecular formula is C11H15N3S2. The largest absolute Gasteiger partial charge is 0.398 e. The van der Waals surface area contributed by atoms with Gasteiger partial charge in [0.15, 0.2) is 0 Å². The summed E-state index contributed by atoms with van der Waals surface area (Å²) in [5.41, 5.74) is 7.79. The molecular weight excluding hydrogens is 238 g/mol. The van der Waals surface area contributed by atoms with Crippen molar-refractivity contribution in [3.63, 3.8) is 0 Å². The Morgan fingerprint density at radius 1 is 1.50 bits per heavy atom. The van der Waals surface area contributed by atoms with Crippen molar-refractivity contribution in [2.24, 2.45) is 0 Å². The van der Waals surface area contributed by atoms with Gasteiger partial charge in [0, 0.05) is 28.2 Å². The highest BCUT2D eigenvalue weighted by atomic mass is 32.1. The standard InChI is InChI=1S/C11H15N3S2/c1-7-6-16-11(14-7)8(2)13-5-10-9(12)3-4-15-10/h3-4,6,8,13H,5,12H2,1-2H3. The number of anilines is 1. The molecule has 0 fully saturated rings. The van der Waals surface area contributed by atoms with E-state index in [0.717, 1.165) is 22.9 Å². The lowest BCUT2D eigenvalue weighted by molar-refractivity contribution is 0.575. The van der Waals surface area contributed by atoms with E-state index < -0.39 is 0 Å². The van der Waals surface area contributed by atoms with E-state index in [1.165, 1.54) is 4.88 Å². The summed E-state index contributed by atoms with van der Waals surface area (Å²) in [5, 5.41) is 8.66. The molecule has 0 bridgehead atoms. The molecule has 1 atom stereocenters. The molecule has 86 valence electrons. The second-order valence-corrected chi connectivity index (χ2v) is 5.62. The van der Waals surface area contributed by atoms with E-state index in [2.05, 4.69) is 22.6 Å². The van der Waals surface area contributed by atoms with Crippen LogP contribution in [-0.2, 0) is 6.54 Å². The molecule has 16 heavy (non-hydrogen) atoms. The van der Waals surface area contributed by atoms with Crippen LogP contribution in [-0.4, -0.2) is 4.98 Å². The van der Waals surface area contributed by atoms with Crippen LogP contribution in [0.25, 0.3) is 0 Å². The van der Waals surface area contributed by atoms with E-state index in [-0.39, 0.29) is 6.04 Å². The average Bonchev–Trinajstić information content (AvgIpc) is 2.84. The highest BCUT2D eigenvalue weighted by molar-refractivity contribution is 7.10. The molecule has 5 heteroatoms. The molecule has 0 aliphatic carbocycles. The fourth-order valence-electron chi connectivity index (χ4n) is 1.40. The number of aromatic nitrogens is 1. The maximum atomic E-state index is 5.83. The van der Waals surface area contributed by atoms with E-state index >= 15 is 0 Å². The molecule has 0 spiro atoms. The second kappa shape index (κ2) is 4.95. The molecule has 0 radical (unpaired) electrons. The van der Waals surface area contributed by atoms with Gasteiger partial charge >= 0.3 is 0 Å². The summed E-state index contributed by atoms with van der Waals surface area (Å²) in [6.07, 6.45) is 0. The molecule has 3 nitrogen and oxygen atoms in total. The molecule has 0 saturated heterocycles. The zero-order valence-electron chi connectivity index (χ0n) is 9.36. The van der Waals surface area contributed by atoms with Gasteiger partial charge in [-0.3, -0.25) is 0 Å². The number of hydrogen-bond donors (Lipinski definition) is 2. The lowest BCUT2D eigenvalue weighted by Gasteiger charge is -2.10. The molecule has 0 aromatic carbocycles. The molecule has 2 rings (SSSR count). The Morgan fingerprint density at radius 2 is 2.31 bits per heavy atom. The quantitative estimate of drug-likeness (QED) is 0.881. The summed E-state index contributed by atoms with van der Waals surface area (Å²) >= 11 is 3.38. The normalized spacial score (nSPS) is 12.9. The van der Waals surface area contributed by atoms with E-state index in [4.69, 9.17) is 5.73 Å². The minimum atomic E-state index is 0.278. The third kappa shape index (κ3) is 2.61. The maximum absolute atomic E-state index is 5.83. The minimum absolute atomic E-state index is 0.278. The summed E-state index contributed by atoms with van der Waals surface area (Å²) in [7, 11) is 0. The van der Waals surface area contributed by atoms with Crippen LogP contribution in [0.4, 0.5) is 5.69 Å². The van der Waals surface area contributed by atoms with Gasteiger partial charge in [0.1, 0.15) is 5.01 Å². The summed E-state index contributed by atoms with van der Waals surface area (Å²) < 4.78 is 0. The van der Waals surface area contributed by atoms with Crippen molar-refractivity contribution in [2.45, 2.75) is 26.4 Å². The molecule has 0 amide bonds. The first-order chi connectivity index (χ1) is 7.66. The van der Waals surface area contributed by atoms with E-state index in [0.29, 0.717) is 0 Å². The molecule has 3 N–H and O–H groups in total. The lowest BCUT2D eigenvalue weighted by atomic mass is 10.3. The number of thiazole rings is 1. The van der Waals surface area contributed by atoms with Crippen LogP contribution in [0.2, 0.25) is 0 Å². The number of nitrogens with two attached hydrogens (primary N) is 1. The molecule has 0 aliphatic heterocycles. The lowest BCUT2D eigenvalue weighted by Crippen LogP contribution is -2.17. The monoisotopic (exact) mass is 253 g/mol. The van der Waals surface area contributed by atoms with Gasteiger partial charge in [-0.1, -0.05) is 0 Å². The zero-order valence-corrected chi connectivity index (χ0v) is 11.0. The van der Waals surface area contributed by atoms with E-state index in [9.17, 15) is 0 Å². The summed E-state index contributed by atoms with van der Waals surface area (Å²) in [5.74, 6) is 0. The fraction of sp³-hybridized carbons (Fsp3) is 0.364. The van der Waals surface area contributed by atoms with Crippen LogP contribution >= 0.6 is 22.7 Å². The van der Waals surface area contributed by atoms with Crippen molar-refractivity contribution < 1.29 is 0 Å². The van der Waals surface area contributed by atoms with Gasteiger partial charge < -0.3 is 11.1 Å². The number of thiophene rings is 1. The molecule has 0 aliphatic rings. The van der Waals surface area contributed by atoms with Crippen LogP contribution in [0.5, 0.6) is 0 Å². The molecule has 1 unspecified atom stereocenters. The maximum Gasteiger partial charge on any atom is 0.110 e. The van der Waals surface area contributed by atoms with Crippen molar-refractivity contribution in [1.29, 1.82) is 0 Å². The van der Waals surface area contributed by atoms with Gasteiger partial charge in [-0.15, -0.1) is 22.7 Å². The number of rotatable bonds is 4. The van der Waals surface area contributed by atoms with Gasteiger partial charge in [-0.25, -0.2) is 4.98 Å². The highest BCUT2D eigenvalue weighted by Gasteiger charge is 2.09. The number of aryl methyl sites for hydroxylation is 1. The highest BCUT2D eigenvalue weighted by Crippen LogP contribution is 2.21. The van der Waals surface area contributed by atoms with Crippen molar-refractivity contribution in [1.82, 2.24) is 10.3 Å². The smallest absolute Gasteiger partial charge is 0.110 e. The van der Waals surface area contributed by atoms with Gasteiger partial charge in [-0.2, -0.15) is 0 Å². The zero-order chi connectivity index (χ0) is 11.5. The predicted octanol–water partition coefficient (Wildman–Crippen LogP) is 2.95. The summed E-state index contributed by atoms with van der Waals surface area (Å²) in [6.45, 7) is 4.95. The van der Waals surface area contributed by atoms with Crippen LogP contribution in [0.3, 0.4) is 0 Å².